The highest BCUT2D eigenvalue weighted by molar-refractivity contribution is 5.86. The van der Waals surface area contributed by atoms with Crippen LogP contribution in [-0.4, -0.2) is 76.1 Å². The predicted molar refractivity (Wildman–Crippen MR) is 179 cm³/mol. The molecule has 0 spiro atoms. The number of hydrogen-bond acceptors (Lipinski definition) is 8. The Bertz CT molecular complexity index is 1080. The Kier molecular flexibility index (Phi) is 21.0. The third-order valence-corrected chi connectivity index (χ3v) is 6.69. The molecule has 0 saturated heterocycles. The third-order valence-electron chi connectivity index (χ3n) is 6.69. The fourth-order valence-corrected chi connectivity index (χ4v) is 3.98. The number of carbonyl (C=O) groups excluding carboxylic acids is 4. The van der Waals surface area contributed by atoms with Crippen LogP contribution in [0.3, 0.4) is 0 Å². The largest absolute Gasteiger partial charge is 0.484 e. The highest BCUT2D eigenvalue weighted by Gasteiger charge is 2.23. The fraction of sp³-hybridized carbons (Fsp3) is 0.484. The van der Waals surface area contributed by atoms with Crippen LogP contribution in [-0.2, 0) is 24.6 Å². The van der Waals surface area contributed by atoms with Crippen LogP contribution in [0.25, 0.3) is 0 Å². The van der Waals surface area contributed by atoms with Crippen molar-refractivity contribution in [2.75, 3.05) is 52.5 Å². The predicted octanol–water partition coefficient (Wildman–Crippen LogP) is 1.56. The molecule has 0 saturated carbocycles. The van der Waals surface area contributed by atoms with E-state index in [2.05, 4.69) is 35.1 Å². The normalized spacial score (nSPS) is 10.4. The van der Waals surface area contributed by atoms with E-state index >= 15 is 0 Å². The van der Waals surface area contributed by atoms with Crippen molar-refractivity contribution in [2.45, 2.75) is 44.9 Å². The van der Waals surface area contributed by atoms with Crippen LogP contribution < -0.4 is 42.2 Å². The van der Waals surface area contributed by atoms with E-state index in [1.165, 1.54) is 0 Å². The maximum absolute atomic E-state index is 12.0. The topological polar surface area (TPSA) is 187 Å². The molecular weight excluding hydrogens is 623 g/mol. The van der Waals surface area contributed by atoms with Gasteiger partial charge in [-0.05, 0) is 74.2 Å². The molecule has 0 bridgehead atoms. The summed E-state index contributed by atoms with van der Waals surface area (Å²) >= 11 is 0. The Morgan fingerprint density at radius 2 is 0.933 bits per heavy atom. The number of unbranched alkanes of at least 4 members (excludes halogenated alkanes) is 2. The SMILES string of the molecule is CC(C)(c1ccc(OCC(=O)NCC(=O)NCCCCN)cc1)c1ccc(OCC(=O)NCC(=O)NCCCCN)cc1.Cl.Cl. The zero-order valence-corrected chi connectivity index (χ0v) is 27.7. The summed E-state index contributed by atoms with van der Waals surface area (Å²) in [4.78, 5) is 47.6. The Balaban J connectivity index is 0.00000968. The number of rotatable bonds is 20. The fourth-order valence-electron chi connectivity index (χ4n) is 3.98. The summed E-state index contributed by atoms with van der Waals surface area (Å²) in [6.07, 6.45) is 3.26. The second-order valence-corrected chi connectivity index (χ2v) is 10.5. The van der Waals surface area contributed by atoms with Gasteiger partial charge in [0.25, 0.3) is 11.8 Å². The number of benzene rings is 2. The minimum Gasteiger partial charge on any atom is -0.484 e. The monoisotopic (exact) mass is 670 g/mol. The number of amides is 4. The minimum absolute atomic E-state index is 0. The summed E-state index contributed by atoms with van der Waals surface area (Å²) in [7, 11) is 0. The van der Waals surface area contributed by atoms with E-state index in [0.717, 1.165) is 36.8 Å². The number of nitrogens with one attached hydrogen (secondary N) is 4. The van der Waals surface area contributed by atoms with Crippen molar-refractivity contribution >= 4 is 48.4 Å². The van der Waals surface area contributed by atoms with E-state index in [1.54, 1.807) is 24.3 Å². The number of halogens is 2. The van der Waals surface area contributed by atoms with Gasteiger partial charge in [0.2, 0.25) is 11.8 Å². The van der Waals surface area contributed by atoms with Crippen molar-refractivity contribution in [2.24, 2.45) is 11.5 Å². The molecule has 0 aliphatic heterocycles. The van der Waals surface area contributed by atoms with Crippen molar-refractivity contribution in [3.63, 3.8) is 0 Å². The molecule has 0 fully saturated rings. The first-order valence-corrected chi connectivity index (χ1v) is 14.6. The second-order valence-electron chi connectivity index (χ2n) is 10.5. The van der Waals surface area contributed by atoms with Crippen molar-refractivity contribution in [3.8, 4) is 11.5 Å². The highest BCUT2D eigenvalue weighted by Crippen LogP contribution is 2.33. The van der Waals surface area contributed by atoms with Crippen molar-refractivity contribution in [1.82, 2.24) is 21.3 Å². The summed E-state index contributed by atoms with van der Waals surface area (Å²) < 4.78 is 11.1. The van der Waals surface area contributed by atoms with Gasteiger partial charge in [-0.1, -0.05) is 38.1 Å². The third kappa shape index (κ3) is 16.3. The molecule has 12 nitrogen and oxygen atoms in total. The van der Waals surface area contributed by atoms with E-state index < -0.39 is 0 Å². The maximum atomic E-state index is 12.0. The lowest BCUT2D eigenvalue weighted by Gasteiger charge is -2.26. The molecular formula is C31H48Cl2N6O6. The second kappa shape index (κ2) is 22.9. The zero-order valence-electron chi connectivity index (χ0n) is 26.0. The number of ether oxygens (including phenoxy) is 2. The van der Waals surface area contributed by atoms with E-state index in [4.69, 9.17) is 20.9 Å². The van der Waals surface area contributed by atoms with Gasteiger partial charge in [-0.2, -0.15) is 0 Å². The van der Waals surface area contributed by atoms with Crippen LogP contribution in [0.15, 0.2) is 48.5 Å². The number of carbonyl (C=O) groups is 4. The van der Waals surface area contributed by atoms with Crippen molar-refractivity contribution in [1.29, 1.82) is 0 Å². The van der Waals surface area contributed by atoms with Crippen LogP contribution in [0.5, 0.6) is 11.5 Å². The molecule has 0 aliphatic carbocycles. The van der Waals surface area contributed by atoms with Crippen LogP contribution >= 0.6 is 24.8 Å². The molecule has 8 N–H and O–H groups in total. The van der Waals surface area contributed by atoms with Crippen LogP contribution in [0.2, 0.25) is 0 Å². The van der Waals surface area contributed by atoms with Crippen LogP contribution in [0, 0.1) is 0 Å². The average Bonchev–Trinajstić information content (AvgIpc) is 3.01. The van der Waals surface area contributed by atoms with Gasteiger partial charge >= 0.3 is 0 Å². The van der Waals surface area contributed by atoms with Crippen LogP contribution in [0.4, 0.5) is 0 Å². The van der Waals surface area contributed by atoms with Gasteiger partial charge in [-0.15, -0.1) is 24.8 Å². The number of nitrogens with two attached hydrogens (primary N) is 2. The molecule has 0 aromatic heterocycles. The average molecular weight is 672 g/mol. The molecule has 2 aromatic carbocycles. The smallest absolute Gasteiger partial charge is 0.258 e. The Hall–Kier alpha value is -3.58. The molecule has 4 amide bonds. The molecule has 2 rings (SSSR count). The molecule has 252 valence electrons. The first-order valence-electron chi connectivity index (χ1n) is 14.6. The first kappa shape index (κ1) is 41.4. The van der Waals surface area contributed by atoms with Crippen molar-refractivity contribution in [3.05, 3.63) is 59.7 Å². The summed E-state index contributed by atoms with van der Waals surface area (Å²) in [5, 5.41) is 10.5. The molecule has 45 heavy (non-hydrogen) atoms. The standard InChI is InChI=1S/C31H46N6O6.2ClH/c1-31(2,23-7-11-25(12-8-23)42-21-29(40)36-19-27(38)34-17-5-3-15-32)24-9-13-26(14-10-24)43-22-30(41)37-20-28(39)35-18-6-4-16-33;;/h7-14H,3-6,15-22,32-33H2,1-2H3,(H,34,38)(H,35,39)(H,36,40)(H,37,41);2*1H. The number of hydrogen-bond donors (Lipinski definition) is 6. The molecule has 2 aromatic rings. The van der Waals surface area contributed by atoms with E-state index in [9.17, 15) is 19.2 Å². The molecule has 14 heteroatoms. The summed E-state index contributed by atoms with van der Waals surface area (Å²) in [6, 6.07) is 14.9. The van der Waals surface area contributed by atoms with Crippen LogP contribution in [0.1, 0.15) is 50.7 Å². The molecule has 0 aliphatic rings. The molecule has 0 atom stereocenters. The Morgan fingerprint density at radius 3 is 1.27 bits per heavy atom. The van der Waals surface area contributed by atoms with Gasteiger partial charge in [0.15, 0.2) is 13.2 Å². The maximum Gasteiger partial charge on any atom is 0.258 e. The summed E-state index contributed by atoms with van der Waals surface area (Å²) in [5.74, 6) is -0.220. The van der Waals surface area contributed by atoms with Gasteiger partial charge < -0.3 is 42.2 Å². The first-order chi connectivity index (χ1) is 20.6. The van der Waals surface area contributed by atoms with Crippen molar-refractivity contribution < 1.29 is 28.7 Å². The lowest BCUT2D eigenvalue weighted by molar-refractivity contribution is -0.127. The molecule has 0 heterocycles. The van der Waals surface area contributed by atoms with Gasteiger partial charge in [-0.3, -0.25) is 19.2 Å². The Morgan fingerprint density at radius 1 is 0.578 bits per heavy atom. The molecule has 0 radical (unpaired) electrons. The minimum atomic E-state index is -0.388. The lowest BCUT2D eigenvalue weighted by Crippen LogP contribution is -2.39. The van der Waals surface area contributed by atoms with E-state index in [1.807, 2.05) is 24.3 Å². The van der Waals surface area contributed by atoms with Gasteiger partial charge in [0, 0.05) is 18.5 Å². The summed E-state index contributed by atoms with van der Waals surface area (Å²) in [6.45, 7) is 5.76. The summed E-state index contributed by atoms with van der Waals surface area (Å²) in [5.41, 5.74) is 12.6. The quantitative estimate of drug-likeness (QED) is 0.115. The lowest BCUT2D eigenvalue weighted by atomic mass is 9.78. The van der Waals surface area contributed by atoms with E-state index in [-0.39, 0.29) is 80.2 Å². The zero-order chi connectivity index (χ0) is 31.5. The van der Waals surface area contributed by atoms with Gasteiger partial charge in [0.1, 0.15) is 11.5 Å². The molecule has 0 unspecified atom stereocenters. The van der Waals surface area contributed by atoms with E-state index in [0.29, 0.717) is 37.7 Å². The van der Waals surface area contributed by atoms with Gasteiger partial charge in [-0.25, -0.2) is 0 Å². The highest BCUT2D eigenvalue weighted by atomic mass is 35.5. The van der Waals surface area contributed by atoms with Gasteiger partial charge in [0.05, 0.1) is 13.1 Å². The Labute approximate surface area is 277 Å².